The highest BCUT2D eigenvalue weighted by atomic mass is 35.5. The topological polar surface area (TPSA) is 21.3 Å². The van der Waals surface area contributed by atoms with Crippen LogP contribution in [-0.2, 0) is 4.74 Å². The fourth-order valence-electron chi connectivity index (χ4n) is 2.54. The molecule has 96 valence electrons. The van der Waals surface area contributed by atoms with Crippen molar-refractivity contribution in [3.05, 3.63) is 0 Å². The summed E-state index contributed by atoms with van der Waals surface area (Å²) >= 11 is 5.85. The Morgan fingerprint density at radius 3 is 2.69 bits per heavy atom. The van der Waals surface area contributed by atoms with Crippen molar-refractivity contribution in [1.29, 1.82) is 0 Å². The monoisotopic (exact) mass is 247 g/mol. The second-order valence-electron chi connectivity index (χ2n) is 5.22. The van der Waals surface area contributed by atoms with Gasteiger partial charge < -0.3 is 10.1 Å². The van der Waals surface area contributed by atoms with Crippen molar-refractivity contribution < 1.29 is 4.74 Å². The molecule has 1 N–H and O–H groups in total. The van der Waals surface area contributed by atoms with Gasteiger partial charge in [0.25, 0.3) is 0 Å². The second-order valence-corrected chi connectivity index (χ2v) is 5.59. The maximum absolute atomic E-state index is 5.85. The Hall–Kier alpha value is 0.210. The largest absolute Gasteiger partial charge is 0.381 e. The van der Waals surface area contributed by atoms with Crippen LogP contribution in [0.1, 0.15) is 46.0 Å². The summed E-state index contributed by atoms with van der Waals surface area (Å²) in [5, 5.41) is 3.76. The molecule has 0 radical (unpaired) electrons. The quantitative estimate of drug-likeness (QED) is 0.728. The molecule has 0 heterocycles. The molecule has 2 nitrogen and oxygen atoms in total. The molecular weight excluding hydrogens is 222 g/mol. The van der Waals surface area contributed by atoms with E-state index < -0.39 is 0 Å². The van der Waals surface area contributed by atoms with Gasteiger partial charge in [-0.2, -0.15) is 0 Å². The molecule has 0 aromatic heterocycles. The highest BCUT2D eigenvalue weighted by Crippen LogP contribution is 2.22. The number of halogens is 1. The van der Waals surface area contributed by atoms with E-state index in [1.165, 1.54) is 19.3 Å². The fourth-order valence-corrected chi connectivity index (χ4v) is 2.77. The number of hydrogen-bond donors (Lipinski definition) is 1. The zero-order valence-electron chi connectivity index (χ0n) is 10.8. The van der Waals surface area contributed by atoms with Gasteiger partial charge in [0.1, 0.15) is 0 Å². The average Bonchev–Trinajstić information content (AvgIpc) is 2.28. The Balaban J connectivity index is 2.38. The summed E-state index contributed by atoms with van der Waals surface area (Å²) in [4.78, 5) is 0. The summed E-state index contributed by atoms with van der Waals surface area (Å²) in [6.07, 6.45) is 6.45. The second kappa shape index (κ2) is 7.52. The van der Waals surface area contributed by atoms with Crippen molar-refractivity contribution in [2.45, 2.75) is 64.1 Å². The van der Waals surface area contributed by atoms with Crippen LogP contribution in [0.3, 0.4) is 0 Å². The molecule has 1 fully saturated rings. The van der Waals surface area contributed by atoms with Crippen LogP contribution in [0.15, 0.2) is 0 Å². The van der Waals surface area contributed by atoms with Crippen LogP contribution in [0.4, 0.5) is 0 Å². The van der Waals surface area contributed by atoms with E-state index in [1.54, 1.807) is 0 Å². The highest BCUT2D eigenvalue weighted by molar-refractivity contribution is 6.17. The summed E-state index contributed by atoms with van der Waals surface area (Å²) in [6, 6.07) is 1.17. The van der Waals surface area contributed by atoms with Gasteiger partial charge in [0.2, 0.25) is 0 Å². The van der Waals surface area contributed by atoms with Gasteiger partial charge in [0, 0.05) is 25.1 Å². The molecule has 0 spiro atoms. The zero-order valence-corrected chi connectivity index (χ0v) is 11.6. The van der Waals surface area contributed by atoms with Crippen LogP contribution in [-0.4, -0.2) is 31.2 Å². The highest BCUT2D eigenvalue weighted by Gasteiger charge is 2.24. The Morgan fingerprint density at radius 2 is 2.12 bits per heavy atom. The molecule has 3 atom stereocenters. The van der Waals surface area contributed by atoms with E-state index in [4.69, 9.17) is 16.3 Å². The van der Waals surface area contributed by atoms with Crippen molar-refractivity contribution >= 4 is 11.6 Å². The predicted octanol–water partition coefficient (Wildman–Crippen LogP) is 3.19. The van der Waals surface area contributed by atoms with Crippen LogP contribution in [0.5, 0.6) is 0 Å². The normalized spacial score (nSPS) is 28.3. The number of rotatable bonds is 6. The SMILES string of the molecule is COC1CCCC(NC(CCCl)C(C)C)C1. The van der Waals surface area contributed by atoms with Crippen LogP contribution < -0.4 is 5.32 Å². The van der Waals surface area contributed by atoms with Crippen molar-refractivity contribution in [1.82, 2.24) is 5.32 Å². The van der Waals surface area contributed by atoms with E-state index in [2.05, 4.69) is 19.2 Å². The third-order valence-electron chi connectivity index (χ3n) is 3.63. The van der Waals surface area contributed by atoms with E-state index in [1.807, 2.05) is 7.11 Å². The molecular formula is C13H26ClNO. The number of nitrogens with one attached hydrogen (secondary N) is 1. The standard InChI is InChI=1S/C13H26ClNO/c1-10(2)13(7-8-14)15-11-5-4-6-12(9-11)16-3/h10-13,15H,4-9H2,1-3H3. The number of hydrogen-bond acceptors (Lipinski definition) is 2. The first kappa shape index (κ1) is 14.3. The van der Waals surface area contributed by atoms with Crippen LogP contribution in [0.2, 0.25) is 0 Å². The number of alkyl halides is 1. The van der Waals surface area contributed by atoms with E-state index in [0.29, 0.717) is 24.1 Å². The van der Waals surface area contributed by atoms with Crippen LogP contribution in [0, 0.1) is 5.92 Å². The lowest BCUT2D eigenvalue weighted by Gasteiger charge is -2.33. The first-order valence-electron chi connectivity index (χ1n) is 6.52. The van der Waals surface area contributed by atoms with Crippen molar-refractivity contribution in [3.63, 3.8) is 0 Å². The molecule has 1 aliphatic rings. The molecule has 3 heteroatoms. The first-order chi connectivity index (χ1) is 7.67. The predicted molar refractivity (Wildman–Crippen MR) is 70.2 cm³/mol. The minimum Gasteiger partial charge on any atom is -0.381 e. The van der Waals surface area contributed by atoms with E-state index in [9.17, 15) is 0 Å². The lowest BCUT2D eigenvalue weighted by molar-refractivity contribution is 0.0556. The minimum absolute atomic E-state index is 0.454. The van der Waals surface area contributed by atoms with Crippen LogP contribution >= 0.6 is 11.6 Å². The van der Waals surface area contributed by atoms with Crippen molar-refractivity contribution in [3.8, 4) is 0 Å². The van der Waals surface area contributed by atoms with Gasteiger partial charge in [-0.25, -0.2) is 0 Å². The van der Waals surface area contributed by atoms with Gasteiger partial charge in [-0.15, -0.1) is 11.6 Å². The van der Waals surface area contributed by atoms with E-state index in [0.717, 1.165) is 18.7 Å². The van der Waals surface area contributed by atoms with E-state index in [-0.39, 0.29) is 0 Å². The Bertz CT molecular complexity index is 187. The number of methoxy groups -OCH3 is 1. The Kier molecular flexibility index (Phi) is 6.71. The van der Waals surface area contributed by atoms with Gasteiger partial charge in [0.15, 0.2) is 0 Å². The maximum atomic E-state index is 5.85. The summed E-state index contributed by atoms with van der Waals surface area (Å²) in [5.41, 5.74) is 0. The average molecular weight is 248 g/mol. The summed E-state index contributed by atoms with van der Waals surface area (Å²) < 4.78 is 5.46. The summed E-state index contributed by atoms with van der Waals surface area (Å²) in [5.74, 6) is 1.40. The van der Waals surface area contributed by atoms with Crippen molar-refractivity contribution in [2.75, 3.05) is 13.0 Å². The van der Waals surface area contributed by atoms with E-state index >= 15 is 0 Å². The van der Waals surface area contributed by atoms with Gasteiger partial charge in [-0.05, 0) is 38.0 Å². The third-order valence-corrected chi connectivity index (χ3v) is 3.85. The molecule has 16 heavy (non-hydrogen) atoms. The van der Waals surface area contributed by atoms with Gasteiger partial charge >= 0.3 is 0 Å². The zero-order chi connectivity index (χ0) is 12.0. The number of ether oxygens (including phenoxy) is 1. The summed E-state index contributed by atoms with van der Waals surface area (Å²) in [6.45, 7) is 4.53. The van der Waals surface area contributed by atoms with Gasteiger partial charge in [-0.1, -0.05) is 13.8 Å². The lowest BCUT2D eigenvalue weighted by atomic mass is 9.90. The molecule has 3 unspecified atom stereocenters. The van der Waals surface area contributed by atoms with Crippen molar-refractivity contribution in [2.24, 2.45) is 5.92 Å². The summed E-state index contributed by atoms with van der Waals surface area (Å²) in [7, 11) is 1.83. The Morgan fingerprint density at radius 1 is 1.38 bits per heavy atom. The first-order valence-corrected chi connectivity index (χ1v) is 7.05. The Labute approximate surface area is 105 Å². The third kappa shape index (κ3) is 4.60. The molecule has 0 aromatic rings. The lowest BCUT2D eigenvalue weighted by Crippen LogP contribution is -2.45. The molecule has 0 amide bonds. The van der Waals surface area contributed by atoms with Crippen LogP contribution in [0.25, 0.3) is 0 Å². The molecule has 0 bridgehead atoms. The molecule has 0 aromatic carbocycles. The molecule has 0 aliphatic heterocycles. The molecule has 1 rings (SSSR count). The molecule has 1 aliphatic carbocycles. The molecule has 0 saturated heterocycles. The fraction of sp³-hybridized carbons (Fsp3) is 1.00. The van der Waals surface area contributed by atoms with Gasteiger partial charge in [-0.3, -0.25) is 0 Å². The van der Waals surface area contributed by atoms with Gasteiger partial charge in [0.05, 0.1) is 6.10 Å². The molecule has 1 saturated carbocycles. The minimum atomic E-state index is 0.454. The smallest absolute Gasteiger partial charge is 0.0586 e. The maximum Gasteiger partial charge on any atom is 0.0586 e.